The van der Waals surface area contributed by atoms with Crippen molar-refractivity contribution in [1.29, 1.82) is 0 Å². The van der Waals surface area contributed by atoms with E-state index in [-0.39, 0.29) is 23.9 Å². The zero-order valence-electron chi connectivity index (χ0n) is 19.0. The summed E-state index contributed by atoms with van der Waals surface area (Å²) in [6.07, 6.45) is 3.71. The number of rotatable bonds is 7. The van der Waals surface area contributed by atoms with Crippen molar-refractivity contribution in [3.05, 3.63) is 35.6 Å². The standard InChI is InChI=1S/C22H34FN3O5S/c1-25(2)32(28,29)24-21-11-12-26(22(27)30-3)14-18(21)15-31-20-9-7-16(8-10-20)17-5-4-6-19(23)13-17/h4-6,13,16,18,20-21,24H,7-12,14-15H2,1-3H3/t16?,18-,20?,21-/m0/s1. The number of piperidine rings is 1. The van der Waals surface area contributed by atoms with Gasteiger partial charge in [-0.15, -0.1) is 0 Å². The zero-order chi connectivity index (χ0) is 23.3. The van der Waals surface area contributed by atoms with E-state index in [0.717, 1.165) is 35.6 Å². The molecule has 10 heteroatoms. The number of hydrogen-bond acceptors (Lipinski definition) is 5. The van der Waals surface area contributed by atoms with Crippen molar-refractivity contribution >= 4 is 16.3 Å². The monoisotopic (exact) mass is 471 g/mol. The number of nitrogens with zero attached hydrogens (tertiary/aromatic N) is 2. The Hall–Kier alpha value is -1.75. The largest absolute Gasteiger partial charge is 0.453 e. The van der Waals surface area contributed by atoms with Gasteiger partial charge in [0.05, 0.1) is 19.8 Å². The number of nitrogens with one attached hydrogen (secondary N) is 1. The number of benzene rings is 1. The highest BCUT2D eigenvalue weighted by Crippen LogP contribution is 2.34. The average Bonchev–Trinajstić information content (AvgIpc) is 2.78. The van der Waals surface area contributed by atoms with Crippen LogP contribution in [0, 0.1) is 11.7 Å². The predicted molar refractivity (Wildman–Crippen MR) is 119 cm³/mol. The van der Waals surface area contributed by atoms with Gasteiger partial charge in [-0.3, -0.25) is 0 Å². The number of methoxy groups -OCH3 is 1. The Kier molecular flexibility index (Phi) is 8.49. The Morgan fingerprint density at radius 2 is 1.94 bits per heavy atom. The number of ether oxygens (including phenoxy) is 2. The summed E-state index contributed by atoms with van der Waals surface area (Å²) in [6.45, 7) is 1.14. The van der Waals surface area contributed by atoms with Crippen LogP contribution in [-0.4, -0.2) is 76.8 Å². The van der Waals surface area contributed by atoms with Crippen LogP contribution in [0.25, 0.3) is 0 Å². The second kappa shape index (κ2) is 10.9. The SMILES string of the molecule is COC(=O)N1CC[C@H](NS(=O)(=O)N(C)C)[C@H](COC2CCC(c3cccc(F)c3)CC2)C1. The Bertz CT molecular complexity index is 874. The summed E-state index contributed by atoms with van der Waals surface area (Å²) in [6, 6.07) is 6.46. The number of carbonyl (C=O) groups is 1. The van der Waals surface area contributed by atoms with Crippen LogP contribution in [0.2, 0.25) is 0 Å². The molecule has 3 rings (SSSR count). The molecular formula is C22H34FN3O5S. The molecule has 2 atom stereocenters. The number of hydrogen-bond donors (Lipinski definition) is 1. The second-order valence-corrected chi connectivity index (χ2v) is 10.8. The molecule has 1 saturated heterocycles. The fraction of sp³-hybridized carbons (Fsp3) is 0.682. The van der Waals surface area contributed by atoms with Crippen LogP contribution in [0.1, 0.15) is 43.6 Å². The third-order valence-corrected chi connectivity index (χ3v) is 8.05. The van der Waals surface area contributed by atoms with E-state index in [1.165, 1.54) is 27.3 Å². The lowest BCUT2D eigenvalue weighted by atomic mass is 9.82. The van der Waals surface area contributed by atoms with Crippen molar-refractivity contribution in [2.45, 2.75) is 50.2 Å². The molecule has 1 aliphatic carbocycles. The van der Waals surface area contributed by atoms with E-state index in [9.17, 15) is 17.6 Å². The molecule has 2 fully saturated rings. The highest BCUT2D eigenvalue weighted by Gasteiger charge is 2.36. The van der Waals surface area contributed by atoms with Gasteiger partial charge in [0.15, 0.2) is 0 Å². The van der Waals surface area contributed by atoms with E-state index in [2.05, 4.69) is 4.72 Å². The van der Waals surface area contributed by atoms with Gasteiger partial charge in [-0.2, -0.15) is 17.4 Å². The first-order chi connectivity index (χ1) is 15.2. The molecule has 0 aromatic heterocycles. The van der Waals surface area contributed by atoms with Crippen molar-refractivity contribution in [2.24, 2.45) is 5.92 Å². The molecule has 0 unspecified atom stereocenters. The van der Waals surface area contributed by atoms with Gasteiger partial charge in [0.2, 0.25) is 0 Å². The van der Waals surface area contributed by atoms with Gasteiger partial charge in [0, 0.05) is 39.1 Å². The number of likely N-dealkylation sites (tertiary alicyclic amines) is 1. The summed E-state index contributed by atoms with van der Waals surface area (Å²) < 4.78 is 53.2. The highest BCUT2D eigenvalue weighted by atomic mass is 32.2. The minimum Gasteiger partial charge on any atom is -0.453 e. The minimum absolute atomic E-state index is 0.0689. The summed E-state index contributed by atoms with van der Waals surface area (Å²) in [5, 5.41) is 0. The van der Waals surface area contributed by atoms with Crippen LogP contribution in [0.15, 0.2) is 24.3 Å². The molecular weight excluding hydrogens is 437 g/mol. The summed E-state index contributed by atoms with van der Waals surface area (Å²) in [4.78, 5) is 13.6. The first-order valence-corrected chi connectivity index (χ1v) is 12.5. The van der Waals surface area contributed by atoms with Crippen LogP contribution in [0.4, 0.5) is 9.18 Å². The third-order valence-electron chi connectivity index (χ3n) is 6.49. The van der Waals surface area contributed by atoms with E-state index in [4.69, 9.17) is 9.47 Å². The van der Waals surface area contributed by atoms with Crippen LogP contribution in [0.3, 0.4) is 0 Å². The topological polar surface area (TPSA) is 88.2 Å². The molecule has 1 N–H and O–H groups in total. The van der Waals surface area contributed by atoms with Gasteiger partial charge in [-0.05, 0) is 55.7 Å². The van der Waals surface area contributed by atoms with E-state index in [0.29, 0.717) is 32.0 Å². The van der Waals surface area contributed by atoms with Crippen molar-refractivity contribution in [3.8, 4) is 0 Å². The normalized spacial score (nSPS) is 26.8. The summed E-state index contributed by atoms with van der Waals surface area (Å²) in [7, 11) is 0.704. The van der Waals surface area contributed by atoms with Crippen molar-refractivity contribution in [1.82, 2.24) is 13.9 Å². The first kappa shape index (κ1) is 24.9. The highest BCUT2D eigenvalue weighted by molar-refractivity contribution is 7.87. The zero-order valence-corrected chi connectivity index (χ0v) is 19.8. The molecule has 32 heavy (non-hydrogen) atoms. The van der Waals surface area contributed by atoms with Crippen LogP contribution < -0.4 is 4.72 Å². The molecule has 0 radical (unpaired) electrons. The van der Waals surface area contributed by atoms with E-state index < -0.39 is 16.3 Å². The maximum Gasteiger partial charge on any atom is 0.409 e. The average molecular weight is 472 g/mol. The second-order valence-electron chi connectivity index (χ2n) is 8.84. The van der Waals surface area contributed by atoms with Crippen LogP contribution in [-0.2, 0) is 19.7 Å². The molecule has 2 aliphatic rings. The van der Waals surface area contributed by atoms with Gasteiger partial charge >= 0.3 is 6.09 Å². The number of halogens is 1. The lowest BCUT2D eigenvalue weighted by Crippen LogP contribution is -2.55. The molecule has 1 saturated carbocycles. The molecule has 1 aromatic rings. The fourth-order valence-electron chi connectivity index (χ4n) is 4.53. The molecule has 8 nitrogen and oxygen atoms in total. The van der Waals surface area contributed by atoms with Crippen LogP contribution in [0.5, 0.6) is 0 Å². The Morgan fingerprint density at radius 3 is 2.56 bits per heavy atom. The molecule has 1 heterocycles. The summed E-state index contributed by atoms with van der Waals surface area (Å²) >= 11 is 0. The van der Waals surface area contributed by atoms with Crippen molar-refractivity contribution in [3.63, 3.8) is 0 Å². The van der Waals surface area contributed by atoms with E-state index in [1.54, 1.807) is 17.0 Å². The van der Waals surface area contributed by atoms with Gasteiger partial charge in [0.25, 0.3) is 10.2 Å². The Morgan fingerprint density at radius 1 is 1.22 bits per heavy atom. The predicted octanol–water partition coefficient (Wildman–Crippen LogP) is 2.72. The molecule has 1 aliphatic heterocycles. The van der Waals surface area contributed by atoms with Gasteiger partial charge in [0.1, 0.15) is 5.82 Å². The molecule has 1 amide bonds. The van der Waals surface area contributed by atoms with Crippen LogP contribution >= 0.6 is 0 Å². The van der Waals surface area contributed by atoms with E-state index in [1.807, 2.05) is 6.07 Å². The lowest BCUT2D eigenvalue weighted by Gasteiger charge is -2.39. The molecule has 1 aromatic carbocycles. The lowest BCUT2D eigenvalue weighted by molar-refractivity contribution is -0.0159. The maximum absolute atomic E-state index is 13.5. The minimum atomic E-state index is -3.60. The van der Waals surface area contributed by atoms with Gasteiger partial charge in [-0.1, -0.05) is 12.1 Å². The van der Waals surface area contributed by atoms with Gasteiger partial charge in [-0.25, -0.2) is 9.18 Å². The Balaban J connectivity index is 1.57. The Labute approximate surface area is 190 Å². The third kappa shape index (κ3) is 6.40. The smallest absolute Gasteiger partial charge is 0.409 e. The summed E-state index contributed by atoms with van der Waals surface area (Å²) in [5.41, 5.74) is 1.03. The number of amides is 1. The van der Waals surface area contributed by atoms with Crippen molar-refractivity contribution < 1.29 is 27.1 Å². The van der Waals surface area contributed by atoms with Crippen molar-refractivity contribution in [2.75, 3.05) is 40.9 Å². The molecule has 180 valence electrons. The van der Waals surface area contributed by atoms with Gasteiger partial charge < -0.3 is 14.4 Å². The quantitative estimate of drug-likeness (QED) is 0.661. The summed E-state index contributed by atoms with van der Waals surface area (Å²) in [5.74, 6) is -0.0623. The number of carbonyl (C=O) groups excluding carboxylic acids is 1. The maximum atomic E-state index is 13.5. The first-order valence-electron chi connectivity index (χ1n) is 11.1. The van der Waals surface area contributed by atoms with E-state index >= 15 is 0 Å². The fourth-order valence-corrected chi connectivity index (χ4v) is 5.43. The molecule has 0 bridgehead atoms. The molecule has 0 spiro atoms.